The number of thioether (sulfide) groups is 1. The molecule has 0 bridgehead atoms. The molecule has 1 N–H and O–H groups in total. The molecule has 4 nitrogen and oxygen atoms in total. The van der Waals surface area contributed by atoms with Crippen molar-refractivity contribution in [3.8, 4) is 0 Å². The van der Waals surface area contributed by atoms with Gasteiger partial charge in [-0.1, -0.05) is 6.07 Å². The number of carbonyl (C=O) groups is 2. The minimum Gasteiger partial charge on any atom is -0.462 e. The van der Waals surface area contributed by atoms with E-state index in [-0.39, 0.29) is 18.3 Å². The van der Waals surface area contributed by atoms with Gasteiger partial charge in [0.05, 0.1) is 17.9 Å². The van der Waals surface area contributed by atoms with Crippen LogP contribution in [-0.4, -0.2) is 24.2 Å². The molecule has 0 atom stereocenters. The Bertz CT molecular complexity index is 752. The first kappa shape index (κ1) is 17.9. The topological polar surface area (TPSA) is 55.4 Å². The lowest BCUT2D eigenvalue weighted by Gasteiger charge is -2.07. The van der Waals surface area contributed by atoms with Gasteiger partial charge in [0.25, 0.3) is 0 Å². The fourth-order valence-electron chi connectivity index (χ4n) is 1.85. The van der Waals surface area contributed by atoms with Gasteiger partial charge in [0.1, 0.15) is 0 Å². The lowest BCUT2D eigenvalue weighted by Crippen LogP contribution is -2.14. The zero-order chi connectivity index (χ0) is 17.5. The molecular formula is C17H15F2NO3S. The van der Waals surface area contributed by atoms with Crippen molar-refractivity contribution in [2.45, 2.75) is 11.8 Å². The number of carbonyl (C=O) groups excluding carboxylic acids is 2. The number of benzene rings is 2. The molecule has 0 aliphatic carbocycles. The Morgan fingerprint density at radius 1 is 1.12 bits per heavy atom. The summed E-state index contributed by atoms with van der Waals surface area (Å²) in [6, 6.07) is 9.82. The van der Waals surface area contributed by atoms with E-state index in [1.54, 1.807) is 25.1 Å². The highest BCUT2D eigenvalue weighted by molar-refractivity contribution is 8.00. The minimum atomic E-state index is -0.956. The van der Waals surface area contributed by atoms with Gasteiger partial charge in [0.15, 0.2) is 11.6 Å². The quantitative estimate of drug-likeness (QED) is 0.634. The maximum Gasteiger partial charge on any atom is 0.338 e. The smallest absolute Gasteiger partial charge is 0.338 e. The summed E-state index contributed by atoms with van der Waals surface area (Å²) < 4.78 is 30.8. The van der Waals surface area contributed by atoms with Gasteiger partial charge >= 0.3 is 5.97 Å². The van der Waals surface area contributed by atoms with Crippen molar-refractivity contribution in [2.75, 3.05) is 17.7 Å². The van der Waals surface area contributed by atoms with Crippen LogP contribution in [0.25, 0.3) is 0 Å². The minimum absolute atomic E-state index is 0.0225. The second kappa shape index (κ2) is 8.44. The second-order valence-corrected chi connectivity index (χ2v) is 5.76. The van der Waals surface area contributed by atoms with Gasteiger partial charge in [0.2, 0.25) is 5.91 Å². The highest BCUT2D eigenvalue weighted by Gasteiger charge is 2.10. The van der Waals surface area contributed by atoms with Crippen molar-refractivity contribution in [3.63, 3.8) is 0 Å². The molecule has 7 heteroatoms. The number of anilines is 1. The summed E-state index contributed by atoms with van der Waals surface area (Å²) >= 11 is 1.08. The molecule has 0 aliphatic heterocycles. The molecule has 0 spiro atoms. The van der Waals surface area contributed by atoms with Gasteiger partial charge in [-0.2, -0.15) is 0 Å². The molecule has 0 fully saturated rings. The first-order valence-corrected chi connectivity index (χ1v) is 8.13. The fourth-order valence-corrected chi connectivity index (χ4v) is 2.57. The lowest BCUT2D eigenvalue weighted by molar-refractivity contribution is -0.113. The van der Waals surface area contributed by atoms with Gasteiger partial charge in [-0.3, -0.25) is 4.79 Å². The number of hydrogen-bond donors (Lipinski definition) is 1. The summed E-state index contributed by atoms with van der Waals surface area (Å²) in [6.07, 6.45) is 0. The van der Waals surface area contributed by atoms with E-state index in [1.807, 2.05) is 0 Å². The second-order valence-electron chi connectivity index (χ2n) is 4.71. The molecule has 24 heavy (non-hydrogen) atoms. The molecule has 0 saturated heterocycles. The Morgan fingerprint density at radius 2 is 1.92 bits per heavy atom. The molecule has 0 saturated carbocycles. The first-order valence-electron chi connectivity index (χ1n) is 7.14. The third-order valence-electron chi connectivity index (χ3n) is 2.92. The van der Waals surface area contributed by atoms with Crippen LogP contribution in [0.2, 0.25) is 0 Å². The average Bonchev–Trinajstić information content (AvgIpc) is 2.56. The van der Waals surface area contributed by atoms with Crippen molar-refractivity contribution in [1.29, 1.82) is 0 Å². The summed E-state index contributed by atoms with van der Waals surface area (Å²) in [7, 11) is 0. The van der Waals surface area contributed by atoms with Gasteiger partial charge in [-0.15, -0.1) is 11.8 Å². The standard InChI is InChI=1S/C17H15F2NO3S/c1-2-23-17(22)11-4-3-5-12(8-11)20-16(21)10-24-13-6-7-14(18)15(19)9-13/h3-9H,2,10H2,1H3,(H,20,21). The zero-order valence-electron chi connectivity index (χ0n) is 12.8. The van der Waals surface area contributed by atoms with E-state index in [2.05, 4.69) is 5.32 Å². The molecule has 2 aromatic carbocycles. The predicted molar refractivity (Wildman–Crippen MR) is 88.1 cm³/mol. The summed E-state index contributed by atoms with van der Waals surface area (Å²) in [5.74, 6) is -2.66. The fraction of sp³-hybridized carbons (Fsp3) is 0.176. The molecule has 0 aliphatic rings. The van der Waals surface area contributed by atoms with Crippen LogP contribution in [0.1, 0.15) is 17.3 Å². The van der Waals surface area contributed by atoms with Crippen molar-refractivity contribution >= 4 is 29.3 Å². The summed E-state index contributed by atoms with van der Waals surface area (Å²) in [4.78, 5) is 24.0. The Balaban J connectivity index is 1.93. The van der Waals surface area contributed by atoms with Crippen molar-refractivity contribution < 1.29 is 23.1 Å². The molecule has 0 radical (unpaired) electrons. The zero-order valence-corrected chi connectivity index (χ0v) is 13.7. The Kier molecular flexibility index (Phi) is 6.31. The molecule has 0 unspecified atom stereocenters. The van der Waals surface area contributed by atoms with Gasteiger partial charge < -0.3 is 10.1 Å². The molecule has 0 heterocycles. The van der Waals surface area contributed by atoms with E-state index >= 15 is 0 Å². The molecule has 0 aromatic heterocycles. The molecule has 2 aromatic rings. The third-order valence-corrected chi connectivity index (χ3v) is 3.91. The molecule has 2 rings (SSSR count). The van der Waals surface area contributed by atoms with Crippen LogP contribution in [0.4, 0.5) is 14.5 Å². The Hall–Kier alpha value is -2.41. The number of hydrogen-bond acceptors (Lipinski definition) is 4. The van der Waals surface area contributed by atoms with Crippen LogP contribution < -0.4 is 5.32 Å². The van der Waals surface area contributed by atoms with Crippen LogP contribution in [0.5, 0.6) is 0 Å². The number of halogens is 2. The number of amides is 1. The van der Waals surface area contributed by atoms with E-state index in [9.17, 15) is 18.4 Å². The predicted octanol–water partition coefficient (Wildman–Crippen LogP) is 3.87. The number of nitrogens with one attached hydrogen (secondary N) is 1. The average molecular weight is 351 g/mol. The van der Waals surface area contributed by atoms with E-state index < -0.39 is 17.6 Å². The highest BCUT2D eigenvalue weighted by atomic mass is 32.2. The van der Waals surface area contributed by atoms with Crippen molar-refractivity contribution in [2.24, 2.45) is 0 Å². The van der Waals surface area contributed by atoms with Gasteiger partial charge in [0, 0.05) is 10.6 Å². The van der Waals surface area contributed by atoms with E-state index in [0.717, 1.165) is 23.9 Å². The van der Waals surface area contributed by atoms with Crippen LogP contribution in [-0.2, 0) is 9.53 Å². The van der Waals surface area contributed by atoms with E-state index in [1.165, 1.54) is 12.1 Å². The Morgan fingerprint density at radius 3 is 2.62 bits per heavy atom. The summed E-state index contributed by atoms with van der Waals surface area (Å²) in [6.45, 7) is 1.97. The Labute approximate surface area is 142 Å². The number of ether oxygens (including phenoxy) is 1. The van der Waals surface area contributed by atoms with Crippen LogP contribution in [0, 0.1) is 11.6 Å². The van der Waals surface area contributed by atoms with E-state index in [4.69, 9.17) is 4.74 Å². The highest BCUT2D eigenvalue weighted by Crippen LogP contribution is 2.21. The summed E-state index contributed by atoms with van der Waals surface area (Å²) in [5, 5.41) is 2.64. The molecule has 126 valence electrons. The van der Waals surface area contributed by atoms with Gasteiger partial charge in [-0.05, 0) is 43.3 Å². The third kappa shape index (κ3) is 5.06. The number of esters is 1. The van der Waals surface area contributed by atoms with Crippen LogP contribution >= 0.6 is 11.8 Å². The van der Waals surface area contributed by atoms with Crippen LogP contribution in [0.15, 0.2) is 47.4 Å². The van der Waals surface area contributed by atoms with Crippen LogP contribution in [0.3, 0.4) is 0 Å². The van der Waals surface area contributed by atoms with Crippen molar-refractivity contribution in [1.82, 2.24) is 0 Å². The normalized spacial score (nSPS) is 10.3. The molecule has 1 amide bonds. The monoisotopic (exact) mass is 351 g/mol. The van der Waals surface area contributed by atoms with E-state index in [0.29, 0.717) is 16.1 Å². The SMILES string of the molecule is CCOC(=O)c1cccc(NC(=O)CSc2ccc(F)c(F)c2)c1. The maximum absolute atomic E-state index is 13.1. The first-order chi connectivity index (χ1) is 11.5. The molecular weight excluding hydrogens is 336 g/mol. The van der Waals surface area contributed by atoms with Gasteiger partial charge in [-0.25, -0.2) is 13.6 Å². The maximum atomic E-state index is 13.1. The lowest BCUT2D eigenvalue weighted by atomic mass is 10.2. The largest absolute Gasteiger partial charge is 0.462 e. The van der Waals surface area contributed by atoms with Crippen molar-refractivity contribution in [3.05, 3.63) is 59.7 Å². The number of rotatable bonds is 6. The summed E-state index contributed by atoms with van der Waals surface area (Å²) in [5.41, 5.74) is 0.791.